The van der Waals surface area contributed by atoms with Crippen molar-refractivity contribution in [1.82, 2.24) is 4.90 Å². The third kappa shape index (κ3) is 4.12. The number of amides is 1. The Labute approximate surface area is 148 Å². The van der Waals surface area contributed by atoms with Crippen molar-refractivity contribution in [2.45, 2.75) is 12.3 Å². The fourth-order valence-corrected chi connectivity index (χ4v) is 3.97. The van der Waals surface area contributed by atoms with Gasteiger partial charge in [-0.15, -0.1) is 0 Å². The molecular weight excluding hydrogens is 318 g/mol. The van der Waals surface area contributed by atoms with E-state index in [-0.39, 0.29) is 11.8 Å². The van der Waals surface area contributed by atoms with E-state index >= 15 is 0 Å². The van der Waals surface area contributed by atoms with Gasteiger partial charge in [0, 0.05) is 36.9 Å². The Morgan fingerprint density at radius 1 is 1.04 bits per heavy atom. The molecule has 0 N–H and O–H groups in total. The summed E-state index contributed by atoms with van der Waals surface area (Å²) in [5.74, 6) is 3.26. The van der Waals surface area contributed by atoms with Crippen LogP contribution >= 0.6 is 11.8 Å². The van der Waals surface area contributed by atoms with Crippen LogP contribution in [-0.2, 0) is 4.79 Å². The average molecular weight is 341 g/mol. The number of hydrogen-bond donors (Lipinski definition) is 0. The summed E-state index contributed by atoms with van der Waals surface area (Å²) in [4.78, 5) is 14.8. The average Bonchev–Trinajstić information content (AvgIpc) is 2.67. The number of carbonyl (C=O) groups is 1. The minimum Gasteiger partial charge on any atom is -0.497 e. The second-order valence-corrected chi connectivity index (χ2v) is 7.16. The normalized spacial score (nSPS) is 15.8. The lowest BCUT2D eigenvalue weighted by Crippen LogP contribution is -2.38. The third-order valence-electron chi connectivity index (χ3n) is 4.46. The zero-order valence-electron chi connectivity index (χ0n) is 14.0. The van der Waals surface area contributed by atoms with E-state index in [0.717, 1.165) is 35.9 Å². The lowest BCUT2D eigenvalue weighted by atomic mass is 9.88. The second-order valence-electron chi connectivity index (χ2n) is 5.93. The van der Waals surface area contributed by atoms with E-state index in [4.69, 9.17) is 4.74 Å². The summed E-state index contributed by atoms with van der Waals surface area (Å²) < 4.78 is 5.25. The van der Waals surface area contributed by atoms with E-state index in [0.29, 0.717) is 6.42 Å². The van der Waals surface area contributed by atoms with Gasteiger partial charge in [-0.05, 0) is 23.3 Å². The number of benzene rings is 2. The van der Waals surface area contributed by atoms with Crippen LogP contribution in [0.25, 0.3) is 0 Å². The van der Waals surface area contributed by atoms with Gasteiger partial charge in [-0.2, -0.15) is 11.8 Å². The molecule has 3 nitrogen and oxygen atoms in total. The van der Waals surface area contributed by atoms with Crippen molar-refractivity contribution in [2.24, 2.45) is 0 Å². The summed E-state index contributed by atoms with van der Waals surface area (Å²) in [6, 6.07) is 18.4. The Morgan fingerprint density at radius 3 is 2.29 bits per heavy atom. The summed E-state index contributed by atoms with van der Waals surface area (Å²) in [5.41, 5.74) is 2.34. The number of hydrogen-bond acceptors (Lipinski definition) is 3. The molecule has 2 aromatic carbocycles. The van der Waals surface area contributed by atoms with E-state index in [9.17, 15) is 4.79 Å². The monoisotopic (exact) mass is 341 g/mol. The fourth-order valence-electron chi connectivity index (χ4n) is 3.07. The van der Waals surface area contributed by atoms with E-state index < -0.39 is 0 Å². The number of carbonyl (C=O) groups excluding carboxylic acids is 1. The van der Waals surface area contributed by atoms with Crippen molar-refractivity contribution in [3.8, 4) is 5.75 Å². The van der Waals surface area contributed by atoms with Crippen LogP contribution in [0.2, 0.25) is 0 Å². The minimum absolute atomic E-state index is 0.0826. The molecule has 1 amide bonds. The first kappa shape index (κ1) is 16.9. The van der Waals surface area contributed by atoms with Gasteiger partial charge >= 0.3 is 0 Å². The zero-order chi connectivity index (χ0) is 16.8. The van der Waals surface area contributed by atoms with E-state index in [2.05, 4.69) is 24.3 Å². The summed E-state index contributed by atoms with van der Waals surface area (Å²) in [6.45, 7) is 1.74. The van der Waals surface area contributed by atoms with Crippen LogP contribution in [0.15, 0.2) is 54.6 Å². The highest BCUT2D eigenvalue weighted by Crippen LogP contribution is 2.30. The molecule has 0 unspecified atom stereocenters. The first-order valence-electron chi connectivity index (χ1n) is 8.32. The zero-order valence-corrected chi connectivity index (χ0v) is 14.8. The molecule has 0 aliphatic carbocycles. The standard InChI is InChI=1S/C20H23NO2S/c1-23-18-9-7-17(8-10-18)19(16-5-3-2-4-6-16)15-20(22)21-11-13-24-14-12-21/h2-10,19H,11-15H2,1H3/t19-/m0/s1. The Bertz CT molecular complexity index is 651. The molecule has 24 heavy (non-hydrogen) atoms. The van der Waals surface area contributed by atoms with Crippen LogP contribution in [0, 0.1) is 0 Å². The summed E-state index contributed by atoms with van der Waals surface area (Å²) >= 11 is 1.92. The minimum atomic E-state index is 0.0826. The van der Waals surface area contributed by atoms with E-state index in [1.54, 1.807) is 7.11 Å². The Hall–Kier alpha value is -1.94. The molecule has 1 aliphatic heterocycles. The highest BCUT2D eigenvalue weighted by molar-refractivity contribution is 7.99. The molecule has 4 heteroatoms. The Balaban J connectivity index is 1.83. The molecule has 1 atom stereocenters. The van der Waals surface area contributed by atoms with Crippen LogP contribution in [0.3, 0.4) is 0 Å². The highest BCUT2D eigenvalue weighted by Gasteiger charge is 2.23. The molecule has 1 aliphatic rings. The SMILES string of the molecule is COc1ccc([C@@H](CC(=O)N2CCSCC2)c2ccccc2)cc1. The van der Waals surface area contributed by atoms with Gasteiger partial charge in [0.15, 0.2) is 0 Å². The van der Waals surface area contributed by atoms with Crippen LogP contribution in [0.1, 0.15) is 23.5 Å². The summed E-state index contributed by atoms with van der Waals surface area (Å²) in [6.07, 6.45) is 0.515. The molecule has 3 rings (SSSR count). The third-order valence-corrected chi connectivity index (χ3v) is 5.41. The fraction of sp³-hybridized carbons (Fsp3) is 0.350. The maximum Gasteiger partial charge on any atom is 0.223 e. The maximum absolute atomic E-state index is 12.8. The first-order valence-corrected chi connectivity index (χ1v) is 9.48. The van der Waals surface area contributed by atoms with Crippen molar-refractivity contribution in [3.63, 3.8) is 0 Å². The molecule has 0 spiro atoms. The molecule has 126 valence electrons. The van der Waals surface area contributed by atoms with Crippen molar-refractivity contribution >= 4 is 17.7 Å². The predicted octanol–water partition coefficient (Wildman–Crippen LogP) is 3.79. The maximum atomic E-state index is 12.8. The molecule has 1 saturated heterocycles. The first-order chi connectivity index (χ1) is 11.8. The number of nitrogens with zero attached hydrogens (tertiary/aromatic N) is 1. The molecule has 1 heterocycles. The van der Waals surface area contributed by atoms with E-state index in [1.807, 2.05) is 47.0 Å². The van der Waals surface area contributed by atoms with Gasteiger partial charge in [0.25, 0.3) is 0 Å². The van der Waals surface area contributed by atoms with Crippen LogP contribution in [0.5, 0.6) is 5.75 Å². The van der Waals surface area contributed by atoms with Crippen molar-refractivity contribution < 1.29 is 9.53 Å². The molecule has 2 aromatic rings. The van der Waals surface area contributed by atoms with Gasteiger partial charge in [-0.25, -0.2) is 0 Å². The van der Waals surface area contributed by atoms with Gasteiger partial charge in [-0.1, -0.05) is 42.5 Å². The molecule has 0 aromatic heterocycles. The van der Waals surface area contributed by atoms with Crippen LogP contribution in [0.4, 0.5) is 0 Å². The van der Waals surface area contributed by atoms with Crippen molar-refractivity contribution in [3.05, 3.63) is 65.7 Å². The summed E-state index contributed by atoms with van der Waals surface area (Å²) in [7, 11) is 1.67. The van der Waals surface area contributed by atoms with Crippen LogP contribution in [-0.4, -0.2) is 42.5 Å². The Kier molecular flexibility index (Phi) is 5.81. The predicted molar refractivity (Wildman–Crippen MR) is 99.8 cm³/mol. The molecule has 0 saturated carbocycles. The highest BCUT2D eigenvalue weighted by atomic mass is 32.2. The molecule has 1 fully saturated rings. The quantitative estimate of drug-likeness (QED) is 0.829. The van der Waals surface area contributed by atoms with Crippen LogP contribution < -0.4 is 4.74 Å². The van der Waals surface area contributed by atoms with E-state index in [1.165, 1.54) is 5.56 Å². The second kappa shape index (κ2) is 8.25. The van der Waals surface area contributed by atoms with Crippen molar-refractivity contribution in [1.29, 1.82) is 0 Å². The summed E-state index contributed by atoms with van der Waals surface area (Å²) in [5, 5.41) is 0. The van der Waals surface area contributed by atoms with Gasteiger partial charge in [0.2, 0.25) is 5.91 Å². The largest absolute Gasteiger partial charge is 0.497 e. The number of rotatable bonds is 5. The number of ether oxygens (including phenoxy) is 1. The Morgan fingerprint density at radius 2 is 1.67 bits per heavy atom. The molecular formula is C20H23NO2S. The van der Waals surface area contributed by atoms with Gasteiger partial charge in [0.1, 0.15) is 5.75 Å². The topological polar surface area (TPSA) is 29.5 Å². The van der Waals surface area contributed by atoms with Gasteiger partial charge in [-0.3, -0.25) is 4.79 Å². The number of thioether (sulfide) groups is 1. The number of methoxy groups -OCH3 is 1. The van der Waals surface area contributed by atoms with Crippen molar-refractivity contribution in [2.75, 3.05) is 31.7 Å². The van der Waals surface area contributed by atoms with Gasteiger partial charge in [0.05, 0.1) is 7.11 Å². The molecule has 0 radical (unpaired) electrons. The molecule has 0 bridgehead atoms. The lowest BCUT2D eigenvalue weighted by molar-refractivity contribution is -0.131. The lowest BCUT2D eigenvalue weighted by Gasteiger charge is -2.28. The van der Waals surface area contributed by atoms with Gasteiger partial charge < -0.3 is 9.64 Å². The smallest absolute Gasteiger partial charge is 0.223 e.